The van der Waals surface area contributed by atoms with Crippen molar-refractivity contribution in [2.45, 2.75) is 43.9 Å². The molecular formula is C48H34BF4NOS2. The number of ether oxygens (including phenoxy) is 1. The minimum absolute atomic E-state index is 0.154. The van der Waals surface area contributed by atoms with Crippen LogP contribution in [0, 0.1) is 41.0 Å². The number of para-hydroxylation sites is 1. The summed E-state index contributed by atoms with van der Waals surface area (Å²) in [4.78, 5) is 0.102. The van der Waals surface area contributed by atoms with Gasteiger partial charge in [0.15, 0.2) is 5.06 Å². The first-order valence-corrected chi connectivity index (χ1v) is 19.9. The highest BCUT2D eigenvalue weighted by molar-refractivity contribution is 7.24. The maximum absolute atomic E-state index is 15.8. The molecule has 7 aromatic rings. The third-order valence-electron chi connectivity index (χ3n) is 11.9. The molecule has 4 heterocycles. The van der Waals surface area contributed by atoms with E-state index in [1.807, 2.05) is 0 Å². The van der Waals surface area contributed by atoms with Gasteiger partial charge in [0.25, 0.3) is 6.71 Å². The zero-order chi connectivity index (χ0) is 54.7. The molecule has 0 radical (unpaired) electrons. The van der Waals surface area contributed by atoms with Crippen molar-refractivity contribution in [1.82, 2.24) is 0 Å². The van der Waals surface area contributed by atoms with Crippen LogP contribution in [0.5, 0.6) is 10.8 Å². The van der Waals surface area contributed by atoms with Crippen molar-refractivity contribution in [1.29, 1.82) is 0 Å². The van der Waals surface area contributed by atoms with E-state index < -0.39 is 182 Å². The number of fused-ring (bicyclic) bond motifs is 4. The number of rotatable bonds is 5. The summed E-state index contributed by atoms with van der Waals surface area (Å²) < 4.78 is 242. The molecule has 0 amide bonds. The normalized spacial score (nSPS) is 26.9. The lowest BCUT2D eigenvalue weighted by atomic mass is 9.35. The first kappa shape index (κ1) is 20.0. The van der Waals surface area contributed by atoms with Gasteiger partial charge < -0.3 is 9.64 Å². The van der Waals surface area contributed by atoms with Gasteiger partial charge in [-0.2, -0.15) is 0 Å². The van der Waals surface area contributed by atoms with Crippen LogP contribution in [-0.4, -0.2) is 6.71 Å². The van der Waals surface area contributed by atoms with Gasteiger partial charge in [-0.05, 0) is 155 Å². The van der Waals surface area contributed by atoms with E-state index in [1.54, 1.807) is 0 Å². The van der Waals surface area contributed by atoms with Crippen LogP contribution < -0.4 is 26.0 Å². The van der Waals surface area contributed by atoms with Crippen LogP contribution in [-0.2, 0) is 5.41 Å². The lowest BCUT2D eigenvalue weighted by molar-refractivity contribution is -0.00522. The molecule has 2 aromatic heterocycles. The van der Waals surface area contributed by atoms with Gasteiger partial charge in [-0.25, -0.2) is 17.6 Å². The summed E-state index contributed by atoms with van der Waals surface area (Å²) in [6.07, 6.45) is 4.29. The van der Waals surface area contributed by atoms with Gasteiger partial charge in [-0.1, -0.05) is 59.7 Å². The van der Waals surface area contributed by atoms with Crippen LogP contribution in [0.2, 0.25) is 0 Å². The van der Waals surface area contributed by atoms with Crippen LogP contribution in [0.4, 0.5) is 33.9 Å². The maximum atomic E-state index is 15.8. The van der Waals surface area contributed by atoms with Crippen LogP contribution in [0.15, 0.2) is 115 Å². The van der Waals surface area contributed by atoms with Crippen LogP contribution in [0.3, 0.4) is 0 Å². The smallest absolute Gasteiger partial charge is 0.258 e. The van der Waals surface area contributed by atoms with E-state index in [9.17, 15) is 8.22 Å². The topological polar surface area (TPSA) is 12.5 Å². The first-order valence-electron chi connectivity index (χ1n) is 27.8. The van der Waals surface area contributed by atoms with Gasteiger partial charge in [0.2, 0.25) is 0 Å². The molecule has 6 aliphatic rings. The van der Waals surface area contributed by atoms with Gasteiger partial charge in [0.05, 0.1) is 36.7 Å². The summed E-state index contributed by atoms with van der Waals surface area (Å²) in [5, 5.41) is -0.593. The minimum Gasteiger partial charge on any atom is -0.448 e. The highest BCUT2D eigenvalue weighted by atomic mass is 32.1. The molecule has 0 unspecified atom stereocenters. The third-order valence-corrected chi connectivity index (χ3v) is 14.0. The average Bonchev–Trinajstić information content (AvgIpc) is 4.06. The number of hydrogen-bond acceptors (Lipinski definition) is 4. The van der Waals surface area contributed by atoms with Gasteiger partial charge in [0.1, 0.15) is 29.0 Å². The SMILES string of the molecule is [2H]c1c([2H])c([2H])c(-c2c([2H])c([2H])c([2H])c([2H])c2N2c3sc(-c4c([2H])c(F)c([2H])c(F)c4[2H])c([2H])c3B3c4c(sc(-c5c([2H])c(F)c([2H])c(F)c5[2H])c4[2H])Oc4c([2H])c(C56CC7CC(CC(C7)C5)C6)c([2H])c2c43)c([2H])c1[2H]. The van der Waals surface area contributed by atoms with Crippen LogP contribution in [0.1, 0.15) is 70.1 Å². The van der Waals surface area contributed by atoms with Crippen molar-refractivity contribution in [3.8, 4) is 42.8 Å². The van der Waals surface area contributed by atoms with Gasteiger partial charge in [-0.3, -0.25) is 0 Å². The summed E-state index contributed by atoms with van der Waals surface area (Å²) in [5.74, 6) is -6.49. The Morgan fingerprint density at radius 2 is 1.19 bits per heavy atom. The number of hydrogen-bond donors (Lipinski definition) is 0. The lowest BCUT2D eigenvalue weighted by Gasteiger charge is -2.57. The maximum Gasteiger partial charge on any atom is 0.258 e. The van der Waals surface area contributed by atoms with Gasteiger partial charge in [-0.15, -0.1) is 11.3 Å². The molecule has 2 aliphatic heterocycles. The highest BCUT2D eigenvalue weighted by Crippen LogP contribution is 2.62. The fourth-order valence-electron chi connectivity index (χ4n) is 10.2. The van der Waals surface area contributed by atoms with Gasteiger partial charge in [0, 0.05) is 33.1 Å². The molecule has 5 aromatic carbocycles. The van der Waals surface area contributed by atoms with Crippen LogP contribution in [0.25, 0.3) is 32.0 Å². The minimum atomic E-state index is -1.72. The van der Waals surface area contributed by atoms with Gasteiger partial charge >= 0.3 is 0 Å². The number of halogens is 4. The monoisotopic (exact) mass is 810 g/mol. The molecule has 4 saturated carbocycles. The second-order valence-corrected chi connectivity index (χ2v) is 17.3. The van der Waals surface area contributed by atoms with Crippen LogP contribution >= 0.6 is 22.7 Å². The Labute approximate surface area is 363 Å². The third kappa shape index (κ3) is 5.34. The van der Waals surface area contributed by atoms with E-state index in [1.165, 1.54) is 0 Å². The largest absolute Gasteiger partial charge is 0.448 e. The summed E-state index contributed by atoms with van der Waals surface area (Å²) in [5.41, 5.74) is -5.54. The van der Waals surface area contributed by atoms with E-state index in [0.29, 0.717) is 41.9 Å². The Morgan fingerprint density at radius 3 is 1.84 bits per heavy atom. The van der Waals surface area contributed by atoms with Crippen molar-refractivity contribution < 1.29 is 48.3 Å². The lowest BCUT2D eigenvalue weighted by Crippen LogP contribution is -2.58. The molecule has 13 rings (SSSR count). The molecule has 0 atom stereocenters. The Kier molecular flexibility index (Phi) is 4.37. The number of anilines is 3. The standard InChI is InChI=1S/C48H34BF4NOS2/c50-33-13-30(14-34(51)19-33)43-21-38-46(56-43)54(40-9-5-4-8-37(40)29-6-2-1-3-7-29)41-17-32(48-23-26-10-27(24-48)12-28(11-26)25-48)18-42-45(41)49(38)39-22-44(57-47(39)55-42)31-15-35(52)20-36(53)16-31/h1-9,13-22,26-28H,10-12,23-25H2/i1D,2D,3D,4D,5D,6D,7D,8D,9D,13D,14D,15D,16D,17D,18D,19D,20D,21D,22D. The number of nitrogens with zero attached hydrogens (tertiary/aromatic N) is 1. The molecule has 4 bridgehead atoms. The van der Waals surface area contributed by atoms with Crippen molar-refractivity contribution in [3.05, 3.63) is 144 Å². The molecule has 4 fully saturated rings. The van der Waals surface area contributed by atoms with E-state index in [2.05, 4.69) is 0 Å². The molecule has 57 heavy (non-hydrogen) atoms. The molecule has 0 saturated heterocycles. The van der Waals surface area contributed by atoms with Crippen molar-refractivity contribution in [2.75, 3.05) is 4.90 Å². The van der Waals surface area contributed by atoms with E-state index >= 15 is 17.6 Å². The second-order valence-electron chi connectivity index (χ2n) is 15.3. The number of benzene rings is 5. The summed E-state index contributed by atoms with van der Waals surface area (Å²) in [6.45, 7) is -1.66. The quantitative estimate of drug-likeness (QED) is 0.127. The average molecular weight is 811 g/mol. The first-order chi connectivity index (χ1) is 35.8. The van der Waals surface area contributed by atoms with Crippen molar-refractivity contribution in [2.24, 2.45) is 17.8 Å². The summed E-state index contributed by atoms with van der Waals surface area (Å²) in [7, 11) is 0. The highest BCUT2D eigenvalue weighted by Gasteiger charge is 2.53. The zero-order valence-electron chi connectivity index (χ0n) is 48.2. The Morgan fingerprint density at radius 1 is 0.614 bits per heavy atom. The predicted molar refractivity (Wildman–Crippen MR) is 224 cm³/mol. The zero-order valence-corrected chi connectivity index (χ0v) is 30.9. The fourth-order valence-corrected chi connectivity index (χ4v) is 12.2. The summed E-state index contributed by atoms with van der Waals surface area (Å²) in [6, 6.07) is -17.7. The van der Waals surface area contributed by atoms with Crippen molar-refractivity contribution in [3.63, 3.8) is 0 Å². The van der Waals surface area contributed by atoms with E-state index in [0.717, 1.165) is 24.2 Å². The Hall–Kier alpha value is -5.12. The molecule has 0 N–H and O–H groups in total. The molecule has 0 spiro atoms. The molecule has 2 nitrogen and oxygen atoms in total. The molecule has 280 valence electrons. The summed E-state index contributed by atoms with van der Waals surface area (Å²) >= 11 is 0.989. The Balaban J connectivity index is 1.29. The van der Waals surface area contributed by atoms with E-state index in [4.69, 9.17) is 22.6 Å². The number of thiophene rings is 2. The fraction of sp³-hybridized carbons (Fsp3) is 0.208. The second kappa shape index (κ2) is 12.4. The Bertz CT molecular complexity index is 3760. The van der Waals surface area contributed by atoms with E-state index in [-0.39, 0.29) is 67.2 Å². The van der Waals surface area contributed by atoms with Crippen molar-refractivity contribution >= 4 is 62.2 Å². The molecule has 9 heteroatoms. The molecule has 4 aliphatic carbocycles. The predicted octanol–water partition coefficient (Wildman–Crippen LogP) is 12.2. The molecular weight excluding hydrogens is 757 g/mol.